The molecule has 0 aliphatic heterocycles. The Labute approximate surface area is 190 Å². The molecule has 2 aromatic heterocycles. The van der Waals surface area contributed by atoms with Crippen molar-refractivity contribution in [3.8, 4) is 17.2 Å². The summed E-state index contributed by atoms with van der Waals surface area (Å²) in [7, 11) is 0. The molecule has 1 amide bonds. The predicted molar refractivity (Wildman–Crippen MR) is 123 cm³/mol. The van der Waals surface area contributed by atoms with Gasteiger partial charge in [-0.25, -0.2) is 4.39 Å². The maximum Gasteiger partial charge on any atom is 0.248 e. The van der Waals surface area contributed by atoms with Gasteiger partial charge in [-0.2, -0.15) is 0 Å². The molecule has 0 unspecified atom stereocenters. The minimum absolute atomic E-state index is 0.0766. The fraction of sp³-hybridized carbons (Fsp3) is 0.0385. The third-order valence-corrected chi connectivity index (χ3v) is 4.48. The van der Waals surface area contributed by atoms with Crippen LogP contribution < -0.4 is 14.8 Å². The highest BCUT2D eigenvalue weighted by atomic mass is 19.1. The number of nitrogens with zero attached hydrogens (tertiary/aromatic N) is 2. The first-order chi connectivity index (χ1) is 16.2. The van der Waals surface area contributed by atoms with E-state index in [9.17, 15) is 9.18 Å². The molecule has 4 aromatic rings. The van der Waals surface area contributed by atoms with Gasteiger partial charge in [0.25, 0.3) is 0 Å². The third kappa shape index (κ3) is 6.48. The van der Waals surface area contributed by atoms with Gasteiger partial charge in [-0.05, 0) is 54.1 Å². The topological polar surface area (TPSA) is 73.3 Å². The number of halogens is 1. The second kappa shape index (κ2) is 10.7. The third-order valence-electron chi connectivity index (χ3n) is 4.48. The van der Waals surface area contributed by atoms with E-state index in [1.165, 1.54) is 30.5 Å². The van der Waals surface area contributed by atoms with Crippen molar-refractivity contribution in [3.05, 3.63) is 115 Å². The molecule has 0 radical (unpaired) electrons. The maximum atomic E-state index is 14.3. The summed E-state index contributed by atoms with van der Waals surface area (Å²) in [6, 6.07) is 18.7. The molecule has 1 N–H and O–H groups in total. The molecule has 4 rings (SSSR count). The summed E-state index contributed by atoms with van der Waals surface area (Å²) in [5.41, 5.74) is 2.05. The van der Waals surface area contributed by atoms with Crippen LogP contribution in [-0.2, 0) is 11.4 Å². The zero-order valence-electron chi connectivity index (χ0n) is 17.5. The molecular formula is C26H20FN3O3. The first-order valence-electron chi connectivity index (χ1n) is 10.1. The fourth-order valence-corrected chi connectivity index (χ4v) is 2.91. The molecule has 0 aliphatic carbocycles. The number of aromatic nitrogens is 2. The number of ether oxygens (including phenoxy) is 2. The summed E-state index contributed by atoms with van der Waals surface area (Å²) in [5, 5.41) is 2.77. The smallest absolute Gasteiger partial charge is 0.248 e. The van der Waals surface area contributed by atoms with E-state index in [2.05, 4.69) is 15.3 Å². The lowest BCUT2D eigenvalue weighted by Gasteiger charge is -2.08. The Bertz CT molecular complexity index is 1250. The van der Waals surface area contributed by atoms with Crippen LogP contribution in [0.25, 0.3) is 6.08 Å². The molecule has 0 spiro atoms. The zero-order chi connectivity index (χ0) is 22.9. The highest BCUT2D eigenvalue weighted by Crippen LogP contribution is 2.25. The summed E-state index contributed by atoms with van der Waals surface area (Å²) < 4.78 is 25.6. The van der Waals surface area contributed by atoms with Crippen molar-refractivity contribution in [2.75, 3.05) is 5.32 Å². The van der Waals surface area contributed by atoms with Crippen LogP contribution in [0.2, 0.25) is 0 Å². The van der Waals surface area contributed by atoms with Crippen molar-refractivity contribution in [2.45, 2.75) is 6.61 Å². The molecule has 0 bridgehead atoms. The number of hydrogen-bond donors (Lipinski definition) is 1. The van der Waals surface area contributed by atoms with Gasteiger partial charge in [0, 0.05) is 42.0 Å². The lowest BCUT2D eigenvalue weighted by molar-refractivity contribution is -0.111. The Morgan fingerprint density at radius 1 is 0.939 bits per heavy atom. The summed E-state index contributed by atoms with van der Waals surface area (Å²) in [6.07, 6.45) is 9.39. The van der Waals surface area contributed by atoms with Crippen molar-refractivity contribution >= 4 is 17.7 Å². The van der Waals surface area contributed by atoms with Gasteiger partial charge in [-0.15, -0.1) is 0 Å². The lowest BCUT2D eigenvalue weighted by atomic mass is 10.2. The van der Waals surface area contributed by atoms with Crippen LogP contribution in [0.15, 0.2) is 97.6 Å². The number of rotatable bonds is 8. The van der Waals surface area contributed by atoms with E-state index < -0.39 is 5.82 Å². The first kappa shape index (κ1) is 21.7. The summed E-state index contributed by atoms with van der Waals surface area (Å²) >= 11 is 0. The molecule has 2 aromatic carbocycles. The molecule has 0 saturated carbocycles. The van der Waals surface area contributed by atoms with Gasteiger partial charge in [0.1, 0.15) is 18.1 Å². The van der Waals surface area contributed by atoms with Gasteiger partial charge in [0.2, 0.25) is 5.91 Å². The first-order valence-corrected chi connectivity index (χ1v) is 10.1. The Hall–Kier alpha value is -4.52. The molecule has 33 heavy (non-hydrogen) atoms. The number of anilines is 1. The largest absolute Gasteiger partial charge is 0.489 e. The molecule has 7 heteroatoms. The Morgan fingerprint density at radius 2 is 1.76 bits per heavy atom. The molecule has 0 aliphatic rings. The van der Waals surface area contributed by atoms with Gasteiger partial charge in [-0.1, -0.05) is 18.2 Å². The zero-order valence-corrected chi connectivity index (χ0v) is 17.5. The summed E-state index contributed by atoms with van der Waals surface area (Å²) in [6.45, 7) is 0.372. The Balaban J connectivity index is 1.33. The molecular weight excluding hydrogens is 421 g/mol. The van der Waals surface area contributed by atoms with E-state index in [-0.39, 0.29) is 11.7 Å². The molecule has 2 heterocycles. The standard InChI is InChI=1S/C26H20FN3O3/c27-24-14-19(8-10-25(24)33-23-7-3-13-29-17-23)9-11-26(31)30-21-5-1-6-22(15-21)32-18-20-4-2-12-28-16-20/h1-17H,18H2,(H,30,31)/b11-9+. The highest BCUT2D eigenvalue weighted by Gasteiger charge is 2.06. The number of hydrogen-bond acceptors (Lipinski definition) is 5. The monoisotopic (exact) mass is 441 g/mol. The normalized spacial score (nSPS) is 10.7. The predicted octanol–water partition coefficient (Wildman–Crippen LogP) is 5.64. The number of pyridine rings is 2. The van der Waals surface area contributed by atoms with Gasteiger partial charge < -0.3 is 14.8 Å². The van der Waals surface area contributed by atoms with E-state index in [0.717, 1.165) is 5.56 Å². The lowest BCUT2D eigenvalue weighted by Crippen LogP contribution is -2.07. The van der Waals surface area contributed by atoms with Gasteiger partial charge in [-0.3, -0.25) is 14.8 Å². The second-order valence-electron chi connectivity index (χ2n) is 6.98. The van der Waals surface area contributed by atoms with Crippen LogP contribution >= 0.6 is 0 Å². The maximum absolute atomic E-state index is 14.3. The van der Waals surface area contributed by atoms with Crippen molar-refractivity contribution in [1.82, 2.24) is 9.97 Å². The van der Waals surface area contributed by atoms with E-state index in [1.807, 2.05) is 12.1 Å². The highest BCUT2D eigenvalue weighted by molar-refractivity contribution is 6.02. The van der Waals surface area contributed by atoms with Gasteiger partial charge in [0.15, 0.2) is 11.6 Å². The van der Waals surface area contributed by atoms with Crippen LogP contribution in [0.1, 0.15) is 11.1 Å². The average Bonchev–Trinajstić information content (AvgIpc) is 2.84. The SMILES string of the molecule is O=C(/C=C/c1ccc(Oc2cccnc2)c(F)c1)Nc1cccc(OCc2cccnc2)c1. The van der Waals surface area contributed by atoms with E-state index in [4.69, 9.17) is 9.47 Å². The molecule has 0 fully saturated rings. The number of benzene rings is 2. The van der Waals surface area contributed by atoms with E-state index >= 15 is 0 Å². The number of nitrogens with one attached hydrogen (secondary N) is 1. The minimum atomic E-state index is -0.542. The molecule has 0 saturated heterocycles. The van der Waals surface area contributed by atoms with Crippen LogP contribution in [0, 0.1) is 5.82 Å². The number of amides is 1. The van der Waals surface area contributed by atoms with Crippen molar-refractivity contribution in [1.29, 1.82) is 0 Å². The van der Waals surface area contributed by atoms with Crippen LogP contribution in [0.3, 0.4) is 0 Å². The Morgan fingerprint density at radius 3 is 2.52 bits per heavy atom. The molecule has 0 atom stereocenters. The van der Waals surface area contributed by atoms with Crippen LogP contribution in [-0.4, -0.2) is 15.9 Å². The van der Waals surface area contributed by atoms with Crippen molar-refractivity contribution < 1.29 is 18.7 Å². The summed E-state index contributed by atoms with van der Waals surface area (Å²) in [4.78, 5) is 20.3. The van der Waals surface area contributed by atoms with Gasteiger partial charge in [0.05, 0.1) is 6.20 Å². The van der Waals surface area contributed by atoms with E-state index in [1.54, 1.807) is 61.1 Å². The Kier molecular flexibility index (Phi) is 7.02. The van der Waals surface area contributed by atoms with E-state index in [0.29, 0.717) is 29.4 Å². The number of carbonyl (C=O) groups excluding carboxylic acids is 1. The van der Waals surface area contributed by atoms with Crippen molar-refractivity contribution in [2.24, 2.45) is 0 Å². The van der Waals surface area contributed by atoms with Crippen LogP contribution in [0.5, 0.6) is 17.2 Å². The summed E-state index contributed by atoms with van der Waals surface area (Å²) in [5.74, 6) is 0.237. The van der Waals surface area contributed by atoms with Gasteiger partial charge >= 0.3 is 0 Å². The second-order valence-corrected chi connectivity index (χ2v) is 6.98. The van der Waals surface area contributed by atoms with Crippen LogP contribution in [0.4, 0.5) is 10.1 Å². The quantitative estimate of drug-likeness (QED) is 0.358. The minimum Gasteiger partial charge on any atom is -0.489 e. The molecule has 6 nitrogen and oxygen atoms in total. The fourth-order valence-electron chi connectivity index (χ4n) is 2.91. The van der Waals surface area contributed by atoms with Crippen molar-refractivity contribution in [3.63, 3.8) is 0 Å². The average molecular weight is 441 g/mol. The molecule has 164 valence electrons. The number of carbonyl (C=O) groups is 1.